The van der Waals surface area contributed by atoms with E-state index in [0.29, 0.717) is 24.3 Å². The molecule has 1 heterocycles. The molecule has 0 saturated carbocycles. The van der Waals surface area contributed by atoms with Crippen molar-refractivity contribution in [2.45, 2.75) is 25.3 Å². The first-order valence-electron chi connectivity index (χ1n) is 6.52. The number of carbonyl (C=O) groups excluding carboxylic acids is 1. The molecule has 0 unspecified atom stereocenters. The lowest BCUT2D eigenvalue weighted by Crippen LogP contribution is -2.49. The van der Waals surface area contributed by atoms with Gasteiger partial charge in [0.15, 0.2) is 5.84 Å². The van der Waals surface area contributed by atoms with E-state index < -0.39 is 0 Å². The molecule has 1 fully saturated rings. The van der Waals surface area contributed by atoms with Crippen LogP contribution in [0.1, 0.15) is 35.7 Å². The third-order valence-electron chi connectivity index (χ3n) is 3.56. The molecular formula is C14H19N3O3. The van der Waals surface area contributed by atoms with Crippen molar-refractivity contribution in [2.75, 3.05) is 13.2 Å². The Balaban J connectivity index is 2.05. The van der Waals surface area contributed by atoms with Gasteiger partial charge >= 0.3 is 0 Å². The van der Waals surface area contributed by atoms with Gasteiger partial charge in [0.2, 0.25) is 0 Å². The van der Waals surface area contributed by atoms with Crippen molar-refractivity contribution in [3.63, 3.8) is 0 Å². The van der Waals surface area contributed by atoms with Crippen molar-refractivity contribution in [2.24, 2.45) is 10.9 Å². The number of rotatable bonds is 3. The summed E-state index contributed by atoms with van der Waals surface area (Å²) in [4.78, 5) is 12.2. The number of hydrogen-bond acceptors (Lipinski definition) is 4. The van der Waals surface area contributed by atoms with Gasteiger partial charge in [-0.05, 0) is 31.9 Å². The smallest absolute Gasteiger partial charge is 0.251 e. The Kier molecular flexibility index (Phi) is 4.24. The Hall–Kier alpha value is -2.08. The number of amidine groups is 1. The Morgan fingerprint density at radius 3 is 2.40 bits per heavy atom. The number of carbonyl (C=O) groups is 1. The number of hydrogen-bond donors (Lipinski definition) is 3. The third kappa shape index (κ3) is 3.27. The predicted octanol–water partition coefficient (Wildman–Crippen LogP) is 1.08. The number of nitrogens with two attached hydrogens (primary N) is 1. The molecule has 0 aromatic heterocycles. The van der Waals surface area contributed by atoms with Crippen LogP contribution in [0.25, 0.3) is 0 Å². The summed E-state index contributed by atoms with van der Waals surface area (Å²) in [6.07, 6.45) is 1.61. The molecule has 2 rings (SSSR count). The average Bonchev–Trinajstić information content (AvgIpc) is 2.47. The van der Waals surface area contributed by atoms with Crippen LogP contribution in [0, 0.1) is 0 Å². The van der Waals surface area contributed by atoms with Crippen LogP contribution in [0.15, 0.2) is 29.4 Å². The minimum atomic E-state index is -0.223. The molecule has 1 aromatic rings. The van der Waals surface area contributed by atoms with Crippen LogP contribution in [0.4, 0.5) is 0 Å². The first kappa shape index (κ1) is 14.3. The fourth-order valence-corrected chi connectivity index (χ4v) is 2.14. The number of benzene rings is 1. The third-order valence-corrected chi connectivity index (χ3v) is 3.56. The molecule has 0 aliphatic carbocycles. The second-order valence-electron chi connectivity index (χ2n) is 5.19. The monoisotopic (exact) mass is 277 g/mol. The van der Waals surface area contributed by atoms with Crippen LogP contribution in [-0.4, -0.2) is 35.7 Å². The van der Waals surface area contributed by atoms with E-state index in [1.54, 1.807) is 24.3 Å². The van der Waals surface area contributed by atoms with Gasteiger partial charge in [0.25, 0.3) is 5.91 Å². The zero-order valence-corrected chi connectivity index (χ0v) is 11.4. The summed E-state index contributed by atoms with van der Waals surface area (Å²) in [5.41, 5.74) is 6.37. The van der Waals surface area contributed by atoms with E-state index >= 15 is 0 Å². The van der Waals surface area contributed by atoms with Crippen molar-refractivity contribution < 1.29 is 14.7 Å². The highest BCUT2D eigenvalue weighted by atomic mass is 16.5. The van der Waals surface area contributed by atoms with E-state index in [0.717, 1.165) is 12.8 Å². The van der Waals surface area contributed by atoms with Gasteiger partial charge in [0, 0.05) is 29.9 Å². The van der Waals surface area contributed by atoms with Crippen LogP contribution in [0.2, 0.25) is 0 Å². The van der Waals surface area contributed by atoms with Gasteiger partial charge in [-0.1, -0.05) is 17.3 Å². The Morgan fingerprint density at radius 1 is 1.30 bits per heavy atom. The number of nitrogens with zero attached hydrogens (tertiary/aromatic N) is 1. The average molecular weight is 277 g/mol. The lowest BCUT2D eigenvalue weighted by molar-refractivity contribution is 0.0423. The quantitative estimate of drug-likeness (QED) is 0.333. The first-order chi connectivity index (χ1) is 9.54. The van der Waals surface area contributed by atoms with Gasteiger partial charge in [-0.2, -0.15) is 0 Å². The van der Waals surface area contributed by atoms with Crippen molar-refractivity contribution >= 4 is 11.7 Å². The summed E-state index contributed by atoms with van der Waals surface area (Å²) in [5, 5.41) is 14.6. The molecule has 4 N–H and O–H groups in total. The van der Waals surface area contributed by atoms with Gasteiger partial charge in [-0.3, -0.25) is 4.79 Å². The van der Waals surface area contributed by atoms with Gasteiger partial charge in [0.1, 0.15) is 0 Å². The van der Waals surface area contributed by atoms with Gasteiger partial charge in [0.05, 0.1) is 0 Å². The standard InChI is InChI=1S/C14H19N3O3/c1-14(6-8-20-9-7-14)16-13(18)11-4-2-10(3-5-11)12(15)17-19/h2-5,19H,6-9H2,1H3,(H2,15,17)(H,16,18). The van der Waals surface area contributed by atoms with E-state index in [4.69, 9.17) is 15.7 Å². The molecule has 1 aliphatic heterocycles. The van der Waals surface area contributed by atoms with Crippen molar-refractivity contribution in [1.82, 2.24) is 5.32 Å². The summed E-state index contributed by atoms with van der Waals surface area (Å²) in [6, 6.07) is 6.61. The fraction of sp³-hybridized carbons (Fsp3) is 0.429. The number of amides is 1. The topological polar surface area (TPSA) is 96.9 Å². The van der Waals surface area contributed by atoms with Gasteiger partial charge in [-0.15, -0.1) is 0 Å². The van der Waals surface area contributed by atoms with E-state index in [-0.39, 0.29) is 17.3 Å². The number of oxime groups is 1. The molecule has 1 aliphatic rings. The molecule has 0 radical (unpaired) electrons. The van der Waals surface area contributed by atoms with Gasteiger partial charge < -0.3 is 21.0 Å². The highest BCUT2D eigenvalue weighted by Crippen LogP contribution is 2.20. The normalized spacial score (nSPS) is 18.6. The molecule has 1 saturated heterocycles. The number of ether oxygens (including phenoxy) is 1. The lowest BCUT2D eigenvalue weighted by Gasteiger charge is -2.34. The highest BCUT2D eigenvalue weighted by Gasteiger charge is 2.29. The van der Waals surface area contributed by atoms with E-state index in [1.807, 2.05) is 6.92 Å². The summed E-state index contributed by atoms with van der Waals surface area (Å²) in [5.74, 6) is -0.103. The molecular weight excluding hydrogens is 258 g/mol. The van der Waals surface area contributed by atoms with E-state index in [1.165, 1.54) is 0 Å². The van der Waals surface area contributed by atoms with Crippen LogP contribution in [0.5, 0.6) is 0 Å². The van der Waals surface area contributed by atoms with Crippen LogP contribution >= 0.6 is 0 Å². The molecule has 1 aromatic carbocycles. The minimum absolute atomic E-state index is 0.0216. The van der Waals surface area contributed by atoms with Gasteiger partial charge in [-0.25, -0.2) is 0 Å². The number of nitrogens with one attached hydrogen (secondary N) is 1. The second kappa shape index (κ2) is 5.92. The summed E-state index contributed by atoms with van der Waals surface area (Å²) in [6.45, 7) is 3.36. The highest BCUT2D eigenvalue weighted by molar-refractivity contribution is 5.99. The van der Waals surface area contributed by atoms with E-state index in [9.17, 15) is 4.79 Å². The van der Waals surface area contributed by atoms with Crippen LogP contribution in [0.3, 0.4) is 0 Å². The fourth-order valence-electron chi connectivity index (χ4n) is 2.14. The Labute approximate surface area is 117 Å². The SMILES string of the molecule is CC1(NC(=O)c2ccc(/C(N)=N/O)cc2)CCOCC1. The second-order valence-corrected chi connectivity index (χ2v) is 5.19. The Morgan fingerprint density at radius 2 is 1.85 bits per heavy atom. The molecule has 6 heteroatoms. The molecule has 0 atom stereocenters. The minimum Gasteiger partial charge on any atom is -0.409 e. The molecule has 1 amide bonds. The zero-order valence-electron chi connectivity index (χ0n) is 11.4. The van der Waals surface area contributed by atoms with E-state index in [2.05, 4.69) is 10.5 Å². The summed E-state index contributed by atoms with van der Waals surface area (Å²) in [7, 11) is 0. The maximum Gasteiger partial charge on any atom is 0.251 e. The molecule has 20 heavy (non-hydrogen) atoms. The van der Waals surface area contributed by atoms with Crippen molar-refractivity contribution in [3.8, 4) is 0 Å². The van der Waals surface area contributed by atoms with Crippen LogP contribution in [-0.2, 0) is 4.74 Å². The zero-order chi connectivity index (χ0) is 14.6. The maximum absolute atomic E-state index is 12.2. The predicted molar refractivity (Wildman–Crippen MR) is 74.9 cm³/mol. The summed E-state index contributed by atoms with van der Waals surface area (Å²) >= 11 is 0. The summed E-state index contributed by atoms with van der Waals surface area (Å²) < 4.78 is 5.30. The maximum atomic E-state index is 12.2. The van der Waals surface area contributed by atoms with Crippen molar-refractivity contribution in [3.05, 3.63) is 35.4 Å². The van der Waals surface area contributed by atoms with Crippen molar-refractivity contribution in [1.29, 1.82) is 0 Å². The first-order valence-corrected chi connectivity index (χ1v) is 6.52. The molecule has 6 nitrogen and oxygen atoms in total. The largest absolute Gasteiger partial charge is 0.409 e. The Bertz CT molecular complexity index is 505. The molecule has 0 bridgehead atoms. The molecule has 108 valence electrons. The molecule has 0 spiro atoms. The lowest BCUT2D eigenvalue weighted by atomic mass is 9.92. The van der Waals surface area contributed by atoms with Crippen LogP contribution < -0.4 is 11.1 Å².